The lowest BCUT2D eigenvalue weighted by Gasteiger charge is -2.23. The van der Waals surface area contributed by atoms with Gasteiger partial charge in [-0.15, -0.1) is 0 Å². The molecule has 1 saturated heterocycles. The number of para-hydroxylation sites is 2. The van der Waals surface area contributed by atoms with E-state index in [-0.39, 0.29) is 17.5 Å². The molecular formula is C19H18N4O5S. The Morgan fingerprint density at radius 1 is 1.17 bits per heavy atom. The fourth-order valence-electron chi connectivity index (χ4n) is 3.67. The highest BCUT2D eigenvalue weighted by Crippen LogP contribution is 2.28. The first-order valence-corrected chi connectivity index (χ1v) is 10.7. The number of sulfonamides is 1. The zero-order valence-corrected chi connectivity index (χ0v) is 16.1. The van der Waals surface area contributed by atoms with Gasteiger partial charge in [-0.05, 0) is 43.2 Å². The number of rotatable bonds is 5. The Kier molecular flexibility index (Phi) is 4.18. The van der Waals surface area contributed by atoms with Crippen molar-refractivity contribution in [2.75, 3.05) is 18.0 Å². The van der Waals surface area contributed by atoms with E-state index in [1.54, 1.807) is 0 Å². The molecular weight excluding hydrogens is 396 g/mol. The van der Waals surface area contributed by atoms with E-state index in [9.17, 15) is 13.2 Å². The van der Waals surface area contributed by atoms with Gasteiger partial charge >= 0.3 is 5.76 Å². The average molecular weight is 414 g/mol. The molecule has 4 aromatic rings. The summed E-state index contributed by atoms with van der Waals surface area (Å²) in [6.45, 7) is 0.975. The first-order valence-electron chi connectivity index (χ1n) is 9.24. The second-order valence-corrected chi connectivity index (χ2v) is 8.74. The second-order valence-electron chi connectivity index (χ2n) is 6.98. The smallest absolute Gasteiger partial charge is 0.417 e. The fourth-order valence-corrected chi connectivity index (χ4v) is 4.77. The van der Waals surface area contributed by atoms with Crippen molar-refractivity contribution in [3.05, 3.63) is 53.0 Å². The molecule has 0 saturated carbocycles. The Hall–Kier alpha value is -3.11. The molecule has 0 spiro atoms. The quantitative estimate of drug-likeness (QED) is 0.513. The van der Waals surface area contributed by atoms with E-state index in [2.05, 4.69) is 14.7 Å². The number of benzene rings is 2. The highest BCUT2D eigenvalue weighted by Gasteiger charge is 2.30. The molecule has 0 radical (unpaired) electrons. The van der Waals surface area contributed by atoms with E-state index in [4.69, 9.17) is 8.83 Å². The van der Waals surface area contributed by atoms with E-state index >= 15 is 0 Å². The summed E-state index contributed by atoms with van der Waals surface area (Å²) in [6.07, 6.45) is 1.75. The maximum absolute atomic E-state index is 12.7. The van der Waals surface area contributed by atoms with Gasteiger partial charge in [0.15, 0.2) is 11.2 Å². The third kappa shape index (κ3) is 3.30. The number of nitrogens with one attached hydrogen (secondary N) is 2. The Labute approximate surface area is 165 Å². The van der Waals surface area contributed by atoms with Crippen LogP contribution in [0, 0.1) is 0 Å². The number of anilines is 1. The first kappa shape index (κ1) is 18.0. The van der Waals surface area contributed by atoms with Gasteiger partial charge in [-0.25, -0.2) is 17.9 Å². The molecule has 1 aliphatic rings. The summed E-state index contributed by atoms with van der Waals surface area (Å²) in [7, 11) is -3.75. The number of aromatic nitrogens is 2. The van der Waals surface area contributed by atoms with Crippen LogP contribution in [0.3, 0.4) is 0 Å². The molecule has 2 N–H and O–H groups in total. The molecule has 9 nitrogen and oxygen atoms in total. The minimum Gasteiger partial charge on any atom is -0.423 e. The largest absolute Gasteiger partial charge is 0.423 e. The summed E-state index contributed by atoms with van der Waals surface area (Å²) in [6, 6.07) is 12.2. The lowest BCUT2D eigenvalue weighted by molar-refractivity contribution is 0.534. The van der Waals surface area contributed by atoms with E-state index in [1.807, 2.05) is 29.2 Å². The fraction of sp³-hybridized carbons (Fsp3) is 0.263. The summed E-state index contributed by atoms with van der Waals surface area (Å²) >= 11 is 0. The standard InChI is InChI=1S/C19H18N4O5S/c24-19-22-15-10-13(7-8-17(15)28-19)29(25,26)20-11-12-4-3-9-23(12)18-21-14-5-1-2-6-16(14)27-18/h1-2,5-8,10,12,20H,3-4,9,11H2,(H,22,24). The molecule has 2 aromatic heterocycles. The average Bonchev–Trinajstić information content (AvgIpc) is 3.41. The molecule has 0 amide bonds. The zero-order valence-electron chi connectivity index (χ0n) is 15.3. The number of H-pyrrole nitrogens is 1. The SMILES string of the molecule is O=c1[nH]c2cc(S(=O)(=O)NCC3CCCN3c3nc4ccccc4o3)ccc2o1. The van der Waals surface area contributed by atoms with Crippen LogP contribution < -0.4 is 15.4 Å². The number of oxazole rings is 2. The maximum Gasteiger partial charge on any atom is 0.417 e. The summed E-state index contributed by atoms with van der Waals surface area (Å²) in [5, 5.41) is 0. The molecule has 2 aromatic carbocycles. The third-order valence-corrected chi connectivity index (χ3v) is 6.54. The van der Waals surface area contributed by atoms with Crippen LogP contribution >= 0.6 is 0 Å². The Morgan fingerprint density at radius 3 is 2.90 bits per heavy atom. The Morgan fingerprint density at radius 2 is 2.03 bits per heavy atom. The molecule has 0 bridgehead atoms. The summed E-state index contributed by atoms with van der Waals surface area (Å²) in [5.41, 5.74) is 2.13. The van der Waals surface area contributed by atoms with Crippen LogP contribution in [0.4, 0.5) is 6.01 Å². The van der Waals surface area contributed by atoms with E-state index in [0.717, 1.165) is 24.9 Å². The van der Waals surface area contributed by atoms with Gasteiger partial charge in [-0.2, -0.15) is 4.98 Å². The predicted octanol–water partition coefficient (Wildman–Crippen LogP) is 2.21. The van der Waals surface area contributed by atoms with Crippen LogP contribution in [0.5, 0.6) is 0 Å². The number of fused-ring (bicyclic) bond motifs is 2. The van der Waals surface area contributed by atoms with Crippen molar-refractivity contribution >= 4 is 38.2 Å². The molecule has 0 aliphatic carbocycles. The van der Waals surface area contributed by atoms with Crippen LogP contribution in [0.25, 0.3) is 22.2 Å². The Balaban J connectivity index is 1.35. The second kappa shape index (κ2) is 6.75. The van der Waals surface area contributed by atoms with E-state index in [1.165, 1.54) is 18.2 Å². The highest BCUT2D eigenvalue weighted by atomic mass is 32.2. The molecule has 1 aliphatic heterocycles. The maximum atomic E-state index is 12.7. The molecule has 5 rings (SSSR count). The summed E-state index contributed by atoms with van der Waals surface area (Å²) < 4.78 is 38.9. The summed E-state index contributed by atoms with van der Waals surface area (Å²) in [4.78, 5) is 20.3. The van der Waals surface area contributed by atoms with Crippen molar-refractivity contribution in [2.24, 2.45) is 0 Å². The normalized spacial score (nSPS) is 17.5. The van der Waals surface area contributed by atoms with E-state index in [0.29, 0.717) is 22.7 Å². The van der Waals surface area contributed by atoms with Gasteiger partial charge in [0.2, 0.25) is 10.0 Å². The first-order chi connectivity index (χ1) is 14.0. The van der Waals surface area contributed by atoms with Gasteiger partial charge in [-0.1, -0.05) is 12.1 Å². The molecule has 1 fully saturated rings. The monoisotopic (exact) mass is 414 g/mol. The molecule has 1 atom stereocenters. The number of nitrogens with zero attached hydrogens (tertiary/aromatic N) is 2. The van der Waals surface area contributed by atoms with Crippen LogP contribution in [0.15, 0.2) is 61.0 Å². The van der Waals surface area contributed by atoms with Gasteiger partial charge in [-0.3, -0.25) is 4.98 Å². The van der Waals surface area contributed by atoms with Gasteiger partial charge in [0.25, 0.3) is 6.01 Å². The molecule has 1 unspecified atom stereocenters. The van der Waals surface area contributed by atoms with Gasteiger partial charge in [0.05, 0.1) is 10.4 Å². The molecule has 29 heavy (non-hydrogen) atoms. The lowest BCUT2D eigenvalue weighted by atomic mass is 10.2. The highest BCUT2D eigenvalue weighted by molar-refractivity contribution is 7.89. The molecule has 150 valence electrons. The number of aromatic amines is 1. The van der Waals surface area contributed by atoms with Crippen molar-refractivity contribution in [1.82, 2.24) is 14.7 Å². The van der Waals surface area contributed by atoms with Gasteiger partial charge in [0, 0.05) is 19.1 Å². The Bertz CT molecular complexity index is 1320. The summed E-state index contributed by atoms with van der Waals surface area (Å²) in [5.74, 6) is -0.623. The van der Waals surface area contributed by atoms with Crippen molar-refractivity contribution in [3.8, 4) is 0 Å². The van der Waals surface area contributed by atoms with Gasteiger partial charge in [0.1, 0.15) is 5.52 Å². The molecule has 3 heterocycles. The molecule has 10 heteroatoms. The van der Waals surface area contributed by atoms with Crippen LogP contribution in [0.2, 0.25) is 0 Å². The third-order valence-electron chi connectivity index (χ3n) is 5.12. The van der Waals surface area contributed by atoms with Crippen molar-refractivity contribution < 1.29 is 17.3 Å². The zero-order chi connectivity index (χ0) is 20.0. The van der Waals surface area contributed by atoms with Crippen molar-refractivity contribution in [1.29, 1.82) is 0 Å². The van der Waals surface area contributed by atoms with Crippen LogP contribution in [-0.2, 0) is 10.0 Å². The predicted molar refractivity (Wildman–Crippen MR) is 106 cm³/mol. The topological polar surface area (TPSA) is 121 Å². The van der Waals surface area contributed by atoms with Crippen LogP contribution in [0.1, 0.15) is 12.8 Å². The lowest BCUT2D eigenvalue weighted by Crippen LogP contribution is -2.40. The van der Waals surface area contributed by atoms with Crippen molar-refractivity contribution in [3.63, 3.8) is 0 Å². The minimum atomic E-state index is -3.75. The van der Waals surface area contributed by atoms with Gasteiger partial charge < -0.3 is 13.7 Å². The number of hydrogen-bond donors (Lipinski definition) is 2. The minimum absolute atomic E-state index is 0.0599. The van der Waals surface area contributed by atoms with E-state index < -0.39 is 15.8 Å². The van der Waals surface area contributed by atoms with Crippen molar-refractivity contribution in [2.45, 2.75) is 23.8 Å². The number of hydrogen-bond acceptors (Lipinski definition) is 7. The van der Waals surface area contributed by atoms with Crippen LogP contribution in [-0.4, -0.2) is 37.5 Å².